The fourth-order valence-corrected chi connectivity index (χ4v) is 2.94. The van der Waals surface area contributed by atoms with Crippen LogP contribution in [0.4, 0.5) is 0 Å². The number of guanidine groups is 1. The van der Waals surface area contributed by atoms with Crippen LogP contribution in [0, 0.1) is 17.3 Å². The summed E-state index contributed by atoms with van der Waals surface area (Å²) < 4.78 is 0. The number of rotatable bonds is 4. The first-order chi connectivity index (χ1) is 9.80. The van der Waals surface area contributed by atoms with Crippen molar-refractivity contribution in [3.05, 3.63) is 0 Å². The van der Waals surface area contributed by atoms with Gasteiger partial charge in [-0.25, -0.2) is 0 Å². The van der Waals surface area contributed by atoms with Gasteiger partial charge in [-0.3, -0.25) is 9.79 Å². The quantitative estimate of drug-likeness (QED) is 0.613. The molecule has 0 bridgehead atoms. The van der Waals surface area contributed by atoms with Crippen LogP contribution in [-0.4, -0.2) is 50.0 Å². The second kappa shape index (κ2) is 7.66. The lowest BCUT2D eigenvalue weighted by Crippen LogP contribution is -2.49. The molecule has 2 N–H and O–H groups in total. The molecule has 0 aromatic heterocycles. The van der Waals surface area contributed by atoms with Gasteiger partial charge in [0.05, 0.1) is 12.0 Å². The van der Waals surface area contributed by atoms with Crippen molar-refractivity contribution in [1.82, 2.24) is 15.5 Å². The topological polar surface area (TPSA) is 56.7 Å². The molecule has 1 saturated heterocycles. The van der Waals surface area contributed by atoms with Crippen molar-refractivity contribution in [3.63, 3.8) is 0 Å². The number of nitrogens with one attached hydrogen (secondary N) is 2. The average molecular weight is 296 g/mol. The number of hydrogen-bond acceptors (Lipinski definition) is 2. The van der Waals surface area contributed by atoms with E-state index in [4.69, 9.17) is 4.99 Å². The predicted octanol–water partition coefficient (Wildman–Crippen LogP) is 1.70. The molecule has 1 amide bonds. The van der Waals surface area contributed by atoms with E-state index in [1.807, 2.05) is 13.8 Å². The van der Waals surface area contributed by atoms with E-state index in [2.05, 4.69) is 36.3 Å². The van der Waals surface area contributed by atoms with Gasteiger partial charge < -0.3 is 15.5 Å². The highest BCUT2D eigenvalue weighted by Gasteiger charge is 2.28. The predicted molar refractivity (Wildman–Crippen MR) is 88.3 cm³/mol. The maximum Gasteiger partial charge on any atom is 0.227 e. The Kier molecular flexibility index (Phi) is 6.49. The van der Waals surface area contributed by atoms with Crippen LogP contribution in [0.3, 0.4) is 0 Å². The van der Waals surface area contributed by atoms with Crippen LogP contribution < -0.4 is 10.6 Å². The van der Waals surface area contributed by atoms with Gasteiger partial charge in [0.15, 0.2) is 5.96 Å². The van der Waals surface area contributed by atoms with Crippen LogP contribution in [-0.2, 0) is 4.79 Å². The molecule has 0 saturated carbocycles. The summed E-state index contributed by atoms with van der Waals surface area (Å²) in [6.07, 6.45) is 1.28. The van der Waals surface area contributed by atoms with Crippen LogP contribution in [0.5, 0.6) is 0 Å². The van der Waals surface area contributed by atoms with Crippen molar-refractivity contribution in [2.75, 3.05) is 33.2 Å². The Morgan fingerprint density at radius 2 is 1.86 bits per heavy atom. The molecule has 5 nitrogen and oxygen atoms in total. The van der Waals surface area contributed by atoms with Gasteiger partial charge in [0, 0.05) is 26.7 Å². The van der Waals surface area contributed by atoms with Crippen LogP contribution in [0.25, 0.3) is 0 Å². The molecule has 1 heterocycles. The zero-order valence-electron chi connectivity index (χ0n) is 14.5. The van der Waals surface area contributed by atoms with Crippen molar-refractivity contribution in [1.29, 1.82) is 0 Å². The Hall–Kier alpha value is -1.26. The van der Waals surface area contributed by atoms with E-state index in [1.165, 1.54) is 6.42 Å². The van der Waals surface area contributed by atoms with Crippen LogP contribution in [0.2, 0.25) is 0 Å². The number of likely N-dealkylation sites (tertiary alicyclic amines) is 1. The standard InChI is InChI=1S/C16H32N4O/c1-7-18-15(19-11-16(4,5)14(21)17-6)20-9-12(2)8-13(3)10-20/h12-13H,7-11H2,1-6H3,(H,17,21)(H,18,19). The third-order valence-electron chi connectivity index (χ3n) is 3.97. The molecule has 1 aliphatic rings. The van der Waals surface area contributed by atoms with E-state index in [1.54, 1.807) is 7.05 Å². The number of aliphatic imine (C=N–C) groups is 1. The van der Waals surface area contributed by atoms with E-state index in [0.29, 0.717) is 18.4 Å². The first kappa shape index (κ1) is 17.8. The van der Waals surface area contributed by atoms with Gasteiger partial charge in [0.2, 0.25) is 5.91 Å². The number of amides is 1. The van der Waals surface area contributed by atoms with Gasteiger partial charge in [-0.15, -0.1) is 0 Å². The minimum atomic E-state index is -0.484. The number of carbonyl (C=O) groups is 1. The fraction of sp³-hybridized carbons (Fsp3) is 0.875. The van der Waals surface area contributed by atoms with Crippen molar-refractivity contribution < 1.29 is 4.79 Å². The molecule has 0 radical (unpaired) electrons. The molecule has 1 fully saturated rings. The lowest BCUT2D eigenvalue weighted by Gasteiger charge is -2.37. The van der Waals surface area contributed by atoms with Gasteiger partial charge in [0.25, 0.3) is 0 Å². The maximum atomic E-state index is 11.9. The molecular formula is C16H32N4O. The molecule has 0 aromatic carbocycles. The van der Waals surface area contributed by atoms with Crippen LogP contribution in [0.15, 0.2) is 4.99 Å². The Labute approximate surface area is 129 Å². The molecule has 0 aliphatic carbocycles. The zero-order chi connectivity index (χ0) is 16.0. The van der Waals surface area contributed by atoms with Crippen LogP contribution >= 0.6 is 0 Å². The molecule has 1 aliphatic heterocycles. The Balaban J connectivity index is 2.80. The summed E-state index contributed by atoms with van der Waals surface area (Å²) in [4.78, 5) is 18.9. The molecule has 2 atom stereocenters. The minimum absolute atomic E-state index is 0.0301. The average Bonchev–Trinajstić information content (AvgIpc) is 2.41. The number of hydrogen-bond donors (Lipinski definition) is 2. The monoisotopic (exact) mass is 296 g/mol. The normalized spacial score (nSPS) is 23.9. The Bertz CT molecular complexity index is 368. The first-order valence-corrected chi connectivity index (χ1v) is 8.05. The van der Waals surface area contributed by atoms with Gasteiger partial charge in [-0.2, -0.15) is 0 Å². The van der Waals surface area contributed by atoms with Gasteiger partial charge in [0.1, 0.15) is 0 Å². The van der Waals surface area contributed by atoms with Gasteiger partial charge >= 0.3 is 0 Å². The largest absolute Gasteiger partial charge is 0.359 e. The van der Waals surface area contributed by atoms with E-state index < -0.39 is 5.41 Å². The summed E-state index contributed by atoms with van der Waals surface area (Å²) >= 11 is 0. The molecule has 5 heteroatoms. The van der Waals surface area contributed by atoms with Crippen molar-refractivity contribution in [2.45, 2.75) is 41.0 Å². The lowest BCUT2D eigenvalue weighted by atomic mass is 9.92. The van der Waals surface area contributed by atoms with E-state index in [-0.39, 0.29) is 5.91 Å². The minimum Gasteiger partial charge on any atom is -0.359 e. The highest BCUT2D eigenvalue weighted by Crippen LogP contribution is 2.21. The molecule has 122 valence electrons. The Morgan fingerprint density at radius 3 is 2.33 bits per heavy atom. The summed E-state index contributed by atoms with van der Waals surface area (Å²) in [6, 6.07) is 0. The van der Waals surface area contributed by atoms with Gasteiger partial charge in [-0.05, 0) is 39.0 Å². The van der Waals surface area contributed by atoms with E-state index in [0.717, 1.165) is 25.6 Å². The number of piperidine rings is 1. The van der Waals surface area contributed by atoms with Gasteiger partial charge in [-0.1, -0.05) is 13.8 Å². The first-order valence-electron chi connectivity index (χ1n) is 8.05. The maximum absolute atomic E-state index is 11.9. The SMILES string of the molecule is CCNC(=NCC(C)(C)C(=O)NC)N1CC(C)CC(C)C1. The molecule has 21 heavy (non-hydrogen) atoms. The molecule has 0 spiro atoms. The van der Waals surface area contributed by atoms with Crippen LogP contribution in [0.1, 0.15) is 41.0 Å². The summed E-state index contributed by atoms with van der Waals surface area (Å²) in [5.41, 5.74) is -0.484. The molecular weight excluding hydrogens is 264 g/mol. The summed E-state index contributed by atoms with van der Waals surface area (Å²) in [7, 11) is 1.67. The van der Waals surface area contributed by atoms with E-state index >= 15 is 0 Å². The highest BCUT2D eigenvalue weighted by atomic mass is 16.2. The smallest absolute Gasteiger partial charge is 0.227 e. The third kappa shape index (κ3) is 5.21. The second-order valence-electron chi connectivity index (χ2n) is 6.98. The number of nitrogens with zero attached hydrogens (tertiary/aromatic N) is 2. The number of carbonyl (C=O) groups excluding carboxylic acids is 1. The summed E-state index contributed by atoms with van der Waals surface area (Å²) in [5, 5.41) is 6.08. The highest BCUT2D eigenvalue weighted by molar-refractivity contribution is 5.83. The lowest BCUT2D eigenvalue weighted by molar-refractivity contribution is -0.128. The molecule has 2 unspecified atom stereocenters. The Morgan fingerprint density at radius 1 is 1.29 bits per heavy atom. The fourth-order valence-electron chi connectivity index (χ4n) is 2.94. The second-order valence-corrected chi connectivity index (χ2v) is 6.98. The molecule has 0 aromatic rings. The van der Waals surface area contributed by atoms with E-state index in [9.17, 15) is 4.79 Å². The van der Waals surface area contributed by atoms with Crippen molar-refractivity contribution in [2.24, 2.45) is 22.2 Å². The van der Waals surface area contributed by atoms with Crippen molar-refractivity contribution in [3.8, 4) is 0 Å². The summed E-state index contributed by atoms with van der Waals surface area (Å²) in [6.45, 7) is 13.9. The summed E-state index contributed by atoms with van der Waals surface area (Å²) in [5.74, 6) is 2.34. The third-order valence-corrected chi connectivity index (χ3v) is 3.97. The molecule has 1 rings (SSSR count). The zero-order valence-corrected chi connectivity index (χ0v) is 14.5. The van der Waals surface area contributed by atoms with Crippen molar-refractivity contribution >= 4 is 11.9 Å².